The summed E-state index contributed by atoms with van der Waals surface area (Å²) in [5, 5.41) is 11.1. The summed E-state index contributed by atoms with van der Waals surface area (Å²) >= 11 is 0. The van der Waals surface area contributed by atoms with E-state index < -0.39 is 4.92 Å². The third-order valence-electron chi connectivity index (χ3n) is 3.01. The Balaban J connectivity index is 2.24. The fourth-order valence-electron chi connectivity index (χ4n) is 1.96. The van der Waals surface area contributed by atoms with Crippen LogP contribution in [-0.4, -0.2) is 24.1 Å². The van der Waals surface area contributed by atoms with Crippen molar-refractivity contribution in [3.63, 3.8) is 0 Å². The van der Waals surface area contributed by atoms with Gasteiger partial charge in [-0.05, 0) is 23.8 Å². The number of hydrogen-bond acceptors (Lipinski definition) is 6. The zero-order valence-electron chi connectivity index (χ0n) is 11.8. The number of pyridine rings is 1. The lowest BCUT2D eigenvalue weighted by molar-refractivity contribution is -0.384. The predicted molar refractivity (Wildman–Crippen MR) is 80.4 cm³/mol. The molecule has 110 valence electrons. The Morgan fingerprint density at radius 2 is 1.95 bits per heavy atom. The Bertz CT molecular complexity index is 643. The van der Waals surface area contributed by atoms with Crippen LogP contribution in [0.5, 0.6) is 5.75 Å². The number of benzene rings is 1. The second-order valence-corrected chi connectivity index (χ2v) is 4.54. The molecule has 0 fully saturated rings. The molecule has 0 radical (unpaired) electrons. The summed E-state index contributed by atoms with van der Waals surface area (Å²) in [5.74, 6) is 1.25. The molecule has 21 heavy (non-hydrogen) atoms. The zero-order valence-corrected chi connectivity index (χ0v) is 11.8. The molecule has 7 nitrogen and oxygen atoms in total. The van der Waals surface area contributed by atoms with Gasteiger partial charge >= 0.3 is 5.69 Å². The lowest BCUT2D eigenvalue weighted by atomic mass is 10.2. The molecule has 1 heterocycles. The highest BCUT2D eigenvalue weighted by Crippen LogP contribution is 2.27. The highest BCUT2D eigenvalue weighted by Gasteiger charge is 2.19. The van der Waals surface area contributed by atoms with Gasteiger partial charge in [0.25, 0.3) is 0 Å². The number of nitro groups is 1. The number of nitrogens with zero attached hydrogens (tertiary/aromatic N) is 3. The summed E-state index contributed by atoms with van der Waals surface area (Å²) in [4.78, 5) is 16.3. The molecule has 0 amide bonds. The number of rotatable bonds is 5. The molecular formula is C14H16N4O3. The Kier molecular flexibility index (Phi) is 4.22. The van der Waals surface area contributed by atoms with Gasteiger partial charge in [-0.3, -0.25) is 10.1 Å². The smallest absolute Gasteiger partial charge is 0.311 e. The van der Waals surface area contributed by atoms with Gasteiger partial charge in [-0.15, -0.1) is 0 Å². The Labute approximate surface area is 122 Å². The lowest BCUT2D eigenvalue weighted by Gasteiger charge is -2.18. The van der Waals surface area contributed by atoms with E-state index in [1.165, 1.54) is 12.1 Å². The molecule has 0 saturated carbocycles. The first-order chi connectivity index (χ1) is 10.0. The van der Waals surface area contributed by atoms with Crippen LogP contribution in [-0.2, 0) is 6.54 Å². The van der Waals surface area contributed by atoms with E-state index in [1.54, 1.807) is 19.1 Å². The van der Waals surface area contributed by atoms with Crippen molar-refractivity contribution in [1.82, 2.24) is 4.98 Å². The first-order valence-electron chi connectivity index (χ1n) is 6.26. The predicted octanol–water partition coefficient (Wildman–Crippen LogP) is 2.22. The van der Waals surface area contributed by atoms with Gasteiger partial charge in [0.2, 0.25) is 5.82 Å². The van der Waals surface area contributed by atoms with Gasteiger partial charge in [0.15, 0.2) is 0 Å². The number of anilines is 2. The molecule has 0 saturated heterocycles. The molecule has 0 aliphatic carbocycles. The minimum absolute atomic E-state index is 0.0692. The van der Waals surface area contributed by atoms with E-state index in [9.17, 15) is 10.1 Å². The first kappa shape index (κ1) is 14.6. The SMILES string of the molecule is COc1ccc(CN(C)c2nc(N)ccc2[N+](=O)[O-])cc1. The monoisotopic (exact) mass is 288 g/mol. The van der Waals surface area contributed by atoms with Crippen LogP contribution >= 0.6 is 0 Å². The Morgan fingerprint density at radius 3 is 2.52 bits per heavy atom. The van der Waals surface area contributed by atoms with E-state index in [0.29, 0.717) is 6.54 Å². The molecule has 1 aromatic carbocycles. The zero-order chi connectivity index (χ0) is 15.4. The normalized spacial score (nSPS) is 10.2. The van der Waals surface area contributed by atoms with Crippen LogP contribution in [0.2, 0.25) is 0 Å². The quantitative estimate of drug-likeness (QED) is 0.669. The molecule has 0 unspecified atom stereocenters. The summed E-state index contributed by atoms with van der Waals surface area (Å²) in [5.41, 5.74) is 6.53. The molecule has 2 rings (SSSR count). The minimum Gasteiger partial charge on any atom is -0.497 e. The summed E-state index contributed by atoms with van der Waals surface area (Å²) in [6, 6.07) is 10.3. The maximum atomic E-state index is 11.1. The number of nitrogens with two attached hydrogens (primary N) is 1. The first-order valence-corrected chi connectivity index (χ1v) is 6.26. The molecule has 1 aromatic heterocycles. The van der Waals surface area contributed by atoms with Crippen LogP contribution in [0, 0.1) is 10.1 Å². The molecule has 0 atom stereocenters. The van der Waals surface area contributed by atoms with Gasteiger partial charge in [-0.2, -0.15) is 0 Å². The molecular weight excluding hydrogens is 272 g/mol. The van der Waals surface area contributed by atoms with Crippen molar-refractivity contribution in [2.45, 2.75) is 6.54 Å². The molecule has 0 spiro atoms. The van der Waals surface area contributed by atoms with Gasteiger partial charge in [0, 0.05) is 19.7 Å². The fraction of sp³-hybridized carbons (Fsp3) is 0.214. The molecule has 0 aliphatic rings. The van der Waals surface area contributed by atoms with Crippen LogP contribution in [0.1, 0.15) is 5.56 Å². The van der Waals surface area contributed by atoms with Crippen molar-refractivity contribution in [1.29, 1.82) is 0 Å². The van der Waals surface area contributed by atoms with Crippen molar-refractivity contribution in [2.24, 2.45) is 0 Å². The van der Waals surface area contributed by atoms with Gasteiger partial charge in [-0.1, -0.05) is 12.1 Å². The van der Waals surface area contributed by atoms with E-state index in [2.05, 4.69) is 4.98 Å². The van der Waals surface area contributed by atoms with Crippen molar-refractivity contribution in [3.05, 3.63) is 52.1 Å². The molecule has 0 aliphatic heterocycles. The number of ether oxygens (including phenoxy) is 1. The van der Waals surface area contributed by atoms with E-state index in [1.807, 2.05) is 24.3 Å². The van der Waals surface area contributed by atoms with Crippen LogP contribution in [0.25, 0.3) is 0 Å². The number of aromatic nitrogens is 1. The largest absolute Gasteiger partial charge is 0.497 e. The third kappa shape index (κ3) is 3.38. The lowest BCUT2D eigenvalue weighted by Crippen LogP contribution is -2.19. The van der Waals surface area contributed by atoms with E-state index in [0.717, 1.165) is 11.3 Å². The number of methoxy groups -OCH3 is 1. The maximum absolute atomic E-state index is 11.1. The Hall–Kier alpha value is -2.83. The summed E-state index contributed by atoms with van der Waals surface area (Å²) in [7, 11) is 3.33. The minimum atomic E-state index is -0.466. The van der Waals surface area contributed by atoms with Crippen LogP contribution in [0.4, 0.5) is 17.3 Å². The molecule has 0 bridgehead atoms. The van der Waals surface area contributed by atoms with E-state index >= 15 is 0 Å². The molecule has 7 heteroatoms. The average molecular weight is 288 g/mol. The van der Waals surface area contributed by atoms with E-state index in [-0.39, 0.29) is 17.3 Å². The van der Waals surface area contributed by atoms with Crippen molar-refractivity contribution in [3.8, 4) is 5.75 Å². The topological polar surface area (TPSA) is 94.5 Å². The second kappa shape index (κ2) is 6.08. The third-order valence-corrected chi connectivity index (χ3v) is 3.01. The number of nitrogen functional groups attached to an aromatic ring is 1. The van der Waals surface area contributed by atoms with Gasteiger partial charge in [0.05, 0.1) is 12.0 Å². The van der Waals surface area contributed by atoms with Gasteiger partial charge < -0.3 is 15.4 Å². The van der Waals surface area contributed by atoms with Crippen molar-refractivity contribution < 1.29 is 9.66 Å². The molecule has 2 aromatic rings. The van der Waals surface area contributed by atoms with Crippen molar-refractivity contribution >= 4 is 17.3 Å². The Morgan fingerprint density at radius 1 is 1.29 bits per heavy atom. The maximum Gasteiger partial charge on any atom is 0.311 e. The standard InChI is InChI=1S/C14H16N4O3/c1-17(9-10-3-5-11(21-2)6-4-10)14-12(18(19)20)7-8-13(15)16-14/h3-8H,9H2,1-2H3,(H2,15,16). The average Bonchev–Trinajstić information content (AvgIpc) is 2.47. The summed E-state index contributed by atoms with van der Waals surface area (Å²) in [6.45, 7) is 0.473. The van der Waals surface area contributed by atoms with E-state index in [4.69, 9.17) is 10.5 Å². The van der Waals surface area contributed by atoms with Crippen LogP contribution in [0.15, 0.2) is 36.4 Å². The second-order valence-electron chi connectivity index (χ2n) is 4.54. The fourth-order valence-corrected chi connectivity index (χ4v) is 1.96. The summed E-state index contributed by atoms with van der Waals surface area (Å²) < 4.78 is 5.09. The van der Waals surface area contributed by atoms with Gasteiger partial charge in [0.1, 0.15) is 11.6 Å². The number of hydrogen-bond donors (Lipinski definition) is 1. The van der Waals surface area contributed by atoms with Gasteiger partial charge in [-0.25, -0.2) is 4.98 Å². The summed E-state index contributed by atoms with van der Waals surface area (Å²) in [6.07, 6.45) is 0. The van der Waals surface area contributed by atoms with Crippen LogP contribution in [0.3, 0.4) is 0 Å². The molecule has 2 N–H and O–H groups in total. The van der Waals surface area contributed by atoms with Crippen LogP contribution < -0.4 is 15.4 Å². The van der Waals surface area contributed by atoms with Crippen molar-refractivity contribution in [2.75, 3.05) is 24.8 Å². The highest BCUT2D eigenvalue weighted by molar-refractivity contribution is 5.60. The highest BCUT2D eigenvalue weighted by atomic mass is 16.6.